The van der Waals surface area contributed by atoms with Gasteiger partial charge in [0.1, 0.15) is 0 Å². The van der Waals surface area contributed by atoms with Crippen molar-refractivity contribution >= 4 is 11.8 Å². The molecule has 1 aliphatic rings. The maximum absolute atomic E-state index is 13.7. The molecule has 0 radical (unpaired) electrons. The van der Waals surface area contributed by atoms with E-state index < -0.39 is 11.8 Å². The lowest BCUT2D eigenvalue weighted by Crippen LogP contribution is -2.45. The van der Waals surface area contributed by atoms with Gasteiger partial charge >= 0.3 is 5.97 Å². The molecule has 140 valence electrons. The van der Waals surface area contributed by atoms with Crippen LogP contribution in [-0.2, 0) is 0 Å². The highest BCUT2D eigenvalue weighted by Crippen LogP contribution is 2.35. The van der Waals surface area contributed by atoms with Crippen molar-refractivity contribution in [2.75, 3.05) is 39.2 Å². The van der Waals surface area contributed by atoms with E-state index in [0.29, 0.717) is 30.5 Å². The Morgan fingerprint density at radius 1 is 1.46 bits per heavy atom. The fourth-order valence-electron chi connectivity index (χ4n) is 3.26. The van der Waals surface area contributed by atoms with Crippen molar-refractivity contribution in [1.82, 2.24) is 10.1 Å². The molecule has 0 aliphatic carbocycles. The number of aromatic carboxylic acids is 1. The average molecular weight is 363 g/mol. The molecule has 8 heteroatoms. The second kappa shape index (κ2) is 7.33. The number of carbonyl (C=O) groups is 1. The molecule has 1 aromatic carbocycles. The second-order valence-electron chi connectivity index (χ2n) is 6.57. The summed E-state index contributed by atoms with van der Waals surface area (Å²) in [4.78, 5) is 16.0. The van der Waals surface area contributed by atoms with E-state index in [9.17, 15) is 14.3 Å². The first-order valence-corrected chi connectivity index (χ1v) is 8.40. The van der Waals surface area contributed by atoms with Crippen LogP contribution >= 0.6 is 0 Å². The Bertz CT molecular complexity index is 806. The molecule has 0 amide bonds. The Morgan fingerprint density at radius 3 is 2.88 bits per heavy atom. The van der Waals surface area contributed by atoms with Gasteiger partial charge in [0.2, 0.25) is 0 Å². The van der Waals surface area contributed by atoms with Gasteiger partial charge in [-0.25, -0.2) is 9.18 Å². The van der Waals surface area contributed by atoms with Crippen molar-refractivity contribution in [3.8, 4) is 17.1 Å². The second-order valence-corrected chi connectivity index (χ2v) is 6.57. The molecule has 1 aromatic heterocycles. The zero-order valence-corrected chi connectivity index (χ0v) is 15.0. The number of carboxylic acid groups (broad SMARTS) is 1. The number of methoxy groups -OCH3 is 1. The summed E-state index contributed by atoms with van der Waals surface area (Å²) in [5.74, 6) is -1.24. The predicted molar refractivity (Wildman–Crippen MR) is 94.3 cm³/mol. The summed E-state index contributed by atoms with van der Waals surface area (Å²) in [5, 5.41) is 13.8. The van der Waals surface area contributed by atoms with Crippen LogP contribution in [0.25, 0.3) is 11.3 Å². The third-order valence-corrected chi connectivity index (χ3v) is 4.73. The van der Waals surface area contributed by atoms with Crippen LogP contribution in [0.5, 0.6) is 5.75 Å². The molecule has 26 heavy (non-hydrogen) atoms. The zero-order valence-electron chi connectivity index (χ0n) is 15.0. The van der Waals surface area contributed by atoms with Crippen LogP contribution in [0.15, 0.2) is 22.7 Å². The van der Waals surface area contributed by atoms with Crippen molar-refractivity contribution in [2.24, 2.45) is 0 Å². The predicted octanol–water partition coefficient (Wildman–Crippen LogP) is 2.72. The highest BCUT2D eigenvalue weighted by atomic mass is 19.1. The Morgan fingerprint density at radius 2 is 2.23 bits per heavy atom. The molecule has 1 N–H and O–H groups in total. The number of hydrogen-bond donors (Lipinski definition) is 1. The van der Waals surface area contributed by atoms with Crippen LogP contribution in [0.1, 0.15) is 23.2 Å². The van der Waals surface area contributed by atoms with Crippen molar-refractivity contribution < 1.29 is 23.6 Å². The highest BCUT2D eigenvalue weighted by molar-refractivity contribution is 5.99. The van der Waals surface area contributed by atoms with Crippen molar-refractivity contribution in [3.63, 3.8) is 0 Å². The first-order chi connectivity index (χ1) is 12.4. The smallest absolute Gasteiger partial charge is 0.343 e. The van der Waals surface area contributed by atoms with E-state index in [2.05, 4.69) is 10.1 Å². The summed E-state index contributed by atoms with van der Waals surface area (Å²) in [6.07, 6.45) is 1.99. The molecule has 1 saturated heterocycles. The zero-order chi connectivity index (χ0) is 18.8. The largest absolute Gasteiger partial charge is 0.494 e. The van der Waals surface area contributed by atoms with E-state index in [0.717, 1.165) is 12.8 Å². The maximum Gasteiger partial charge on any atom is 0.343 e. The summed E-state index contributed by atoms with van der Waals surface area (Å²) in [7, 11) is 5.36. The van der Waals surface area contributed by atoms with Crippen LogP contribution in [0.3, 0.4) is 0 Å². The minimum atomic E-state index is -1.13. The van der Waals surface area contributed by atoms with Gasteiger partial charge in [-0.1, -0.05) is 5.16 Å². The number of carboxylic acids is 1. The molecule has 1 atom stereocenters. The quantitative estimate of drug-likeness (QED) is 0.875. The number of hydrogen-bond acceptors (Lipinski definition) is 6. The van der Waals surface area contributed by atoms with Gasteiger partial charge in [0.05, 0.1) is 7.11 Å². The van der Waals surface area contributed by atoms with E-state index in [1.54, 1.807) is 0 Å². The summed E-state index contributed by atoms with van der Waals surface area (Å²) in [5.41, 5.74) is 0.388. The van der Waals surface area contributed by atoms with E-state index >= 15 is 0 Å². The number of likely N-dealkylation sites (N-methyl/N-ethyl adjacent to an activating group) is 1. The third kappa shape index (κ3) is 3.37. The molecule has 2 aromatic rings. The molecular weight excluding hydrogens is 341 g/mol. The van der Waals surface area contributed by atoms with Gasteiger partial charge in [-0.05, 0) is 45.1 Å². The first kappa shape index (κ1) is 18.2. The molecule has 0 bridgehead atoms. The Balaban J connectivity index is 2.00. The summed E-state index contributed by atoms with van der Waals surface area (Å²) in [6.45, 7) is 1.38. The molecule has 7 nitrogen and oxygen atoms in total. The molecule has 0 spiro atoms. The summed E-state index contributed by atoms with van der Waals surface area (Å²) < 4.78 is 24.0. The van der Waals surface area contributed by atoms with Crippen LogP contribution in [0, 0.1) is 5.82 Å². The van der Waals surface area contributed by atoms with Crippen LogP contribution in [-0.4, -0.2) is 61.5 Å². The SMILES string of the molecule is COc1cc(-c2onc(N3CCCC(N(C)C)C3)c2C(=O)O)ccc1F. The summed E-state index contributed by atoms with van der Waals surface area (Å²) >= 11 is 0. The minimum absolute atomic E-state index is 0.0157. The monoisotopic (exact) mass is 363 g/mol. The number of ether oxygens (including phenoxy) is 1. The molecule has 1 fully saturated rings. The summed E-state index contributed by atoms with van der Waals surface area (Å²) in [6, 6.07) is 4.39. The van der Waals surface area contributed by atoms with Crippen LogP contribution in [0.4, 0.5) is 10.2 Å². The number of halogens is 1. The van der Waals surface area contributed by atoms with Gasteiger partial charge in [-0.2, -0.15) is 0 Å². The van der Waals surface area contributed by atoms with Gasteiger partial charge in [0.15, 0.2) is 28.7 Å². The molecule has 0 saturated carbocycles. The van der Waals surface area contributed by atoms with Gasteiger partial charge in [0.25, 0.3) is 0 Å². The number of nitrogens with zero attached hydrogens (tertiary/aromatic N) is 3. The van der Waals surface area contributed by atoms with Gasteiger partial charge in [0, 0.05) is 24.7 Å². The molecule has 1 unspecified atom stereocenters. The lowest BCUT2D eigenvalue weighted by Gasteiger charge is -2.36. The maximum atomic E-state index is 13.7. The normalized spacial score (nSPS) is 17.6. The Kier molecular flexibility index (Phi) is 5.13. The van der Waals surface area contributed by atoms with Gasteiger partial charge < -0.3 is 24.2 Å². The van der Waals surface area contributed by atoms with Crippen LogP contribution in [0.2, 0.25) is 0 Å². The molecule has 3 rings (SSSR count). The molecular formula is C18H22FN3O4. The van der Waals surface area contributed by atoms with E-state index in [4.69, 9.17) is 9.26 Å². The van der Waals surface area contributed by atoms with E-state index in [1.165, 1.54) is 25.3 Å². The minimum Gasteiger partial charge on any atom is -0.494 e. The highest BCUT2D eigenvalue weighted by Gasteiger charge is 2.31. The first-order valence-electron chi connectivity index (χ1n) is 8.40. The number of aromatic nitrogens is 1. The Hall–Kier alpha value is -2.61. The van der Waals surface area contributed by atoms with E-state index in [1.807, 2.05) is 19.0 Å². The fraction of sp³-hybridized carbons (Fsp3) is 0.444. The lowest BCUT2D eigenvalue weighted by atomic mass is 10.0. The van der Waals surface area contributed by atoms with Gasteiger partial charge in [-0.3, -0.25) is 0 Å². The average Bonchev–Trinajstić information content (AvgIpc) is 3.07. The topological polar surface area (TPSA) is 79.0 Å². The van der Waals surface area contributed by atoms with Crippen molar-refractivity contribution in [1.29, 1.82) is 0 Å². The number of rotatable bonds is 5. The standard InChI is InChI=1S/C18H22FN3O4/c1-21(2)12-5-4-8-22(10-12)17-15(18(23)24)16(26-20-17)11-6-7-13(19)14(9-11)25-3/h6-7,9,12H,4-5,8,10H2,1-3H3,(H,23,24). The van der Waals surface area contributed by atoms with E-state index in [-0.39, 0.29) is 17.1 Å². The number of anilines is 1. The van der Waals surface area contributed by atoms with Crippen molar-refractivity contribution in [2.45, 2.75) is 18.9 Å². The Labute approximate surface area is 150 Å². The fourth-order valence-corrected chi connectivity index (χ4v) is 3.26. The molecule has 2 heterocycles. The lowest BCUT2D eigenvalue weighted by molar-refractivity contribution is 0.0697. The number of benzene rings is 1. The molecule has 1 aliphatic heterocycles. The third-order valence-electron chi connectivity index (χ3n) is 4.73. The number of piperidine rings is 1. The van der Waals surface area contributed by atoms with Gasteiger partial charge in [-0.15, -0.1) is 0 Å². The van der Waals surface area contributed by atoms with Crippen molar-refractivity contribution in [3.05, 3.63) is 29.6 Å². The van der Waals surface area contributed by atoms with Crippen LogP contribution < -0.4 is 9.64 Å².